The van der Waals surface area contributed by atoms with Gasteiger partial charge in [-0.25, -0.2) is 0 Å². The van der Waals surface area contributed by atoms with Crippen LogP contribution in [0.3, 0.4) is 0 Å². The molecule has 140 valence electrons. The molecule has 2 N–H and O–H groups in total. The van der Waals surface area contributed by atoms with Crippen molar-refractivity contribution in [1.29, 1.82) is 0 Å². The molecule has 3 rings (SSSR count). The Labute approximate surface area is 161 Å². The third kappa shape index (κ3) is 6.55. The number of quaternary nitrogens is 1. The summed E-state index contributed by atoms with van der Waals surface area (Å²) in [7, 11) is 0. The van der Waals surface area contributed by atoms with E-state index in [-0.39, 0.29) is 0 Å². The van der Waals surface area contributed by atoms with Crippen LogP contribution in [0.15, 0.2) is 84.9 Å². The number of benzene rings is 3. The quantitative estimate of drug-likeness (QED) is 0.614. The van der Waals surface area contributed by atoms with E-state index in [4.69, 9.17) is 4.74 Å². The van der Waals surface area contributed by atoms with Gasteiger partial charge >= 0.3 is 0 Å². The van der Waals surface area contributed by atoms with Crippen molar-refractivity contribution in [3.8, 4) is 5.75 Å². The van der Waals surface area contributed by atoms with Crippen LogP contribution in [-0.4, -0.2) is 24.4 Å². The molecule has 0 aromatic heterocycles. The lowest BCUT2D eigenvalue weighted by Crippen LogP contribution is -3.10. The molecule has 0 bridgehead atoms. The van der Waals surface area contributed by atoms with Crippen LogP contribution in [0.25, 0.3) is 0 Å². The highest BCUT2D eigenvalue weighted by atomic mass is 16.5. The Kier molecular flexibility index (Phi) is 7.03. The van der Waals surface area contributed by atoms with Gasteiger partial charge in [0.2, 0.25) is 0 Å². The van der Waals surface area contributed by atoms with Gasteiger partial charge < -0.3 is 14.7 Å². The number of aryl methyl sites for hydroxylation is 1. The Morgan fingerprint density at radius 2 is 1.41 bits per heavy atom. The van der Waals surface area contributed by atoms with E-state index in [9.17, 15) is 5.11 Å². The normalized spacial score (nSPS) is 12.1. The second kappa shape index (κ2) is 9.91. The van der Waals surface area contributed by atoms with Gasteiger partial charge in [-0.1, -0.05) is 72.8 Å². The van der Waals surface area contributed by atoms with Gasteiger partial charge in [0, 0.05) is 11.1 Å². The molecule has 3 heteroatoms. The lowest BCUT2D eigenvalue weighted by atomic mass is 10.1. The third-order valence-electron chi connectivity index (χ3n) is 4.55. The Balaban J connectivity index is 1.60. The van der Waals surface area contributed by atoms with Gasteiger partial charge in [-0.15, -0.1) is 0 Å². The maximum absolute atomic E-state index is 10.6. The molecule has 0 aliphatic heterocycles. The SMILES string of the molecule is Cc1cccc(OC[C@H](O)C[NH+](Cc2ccccc2)Cc2ccccc2)c1. The molecule has 3 aromatic rings. The first-order valence-corrected chi connectivity index (χ1v) is 9.48. The average Bonchev–Trinajstić information content (AvgIpc) is 2.68. The van der Waals surface area contributed by atoms with Crippen molar-refractivity contribution in [3.63, 3.8) is 0 Å². The van der Waals surface area contributed by atoms with E-state index < -0.39 is 6.10 Å². The second-order valence-corrected chi connectivity index (χ2v) is 7.06. The summed E-state index contributed by atoms with van der Waals surface area (Å²) in [5, 5.41) is 10.6. The van der Waals surface area contributed by atoms with Gasteiger partial charge in [-0.2, -0.15) is 0 Å². The fourth-order valence-electron chi connectivity index (χ4n) is 3.27. The predicted octanol–water partition coefficient (Wildman–Crippen LogP) is 3.02. The number of aliphatic hydroxyl groups excluding tert-OH is 1. The lowest BCUT2D eigenvalue weighted by molar-refractivity contribution is -0.930. The van der Waals surface area contributed by atoms with Crippen LogP contribution in [0, 0.1) is 6.92 Å². The summed E-state index contributed by atoms with van der Waals surface area (Å²) < 4.78 is 5.79. The molecular weight excluding hydrogens is 334 g/mol. The van der Waals surface area contributed by atoms with Gasteiger partial charge in [0.25, 0.3) is 0 Å². The highest BCUT2D eigenvalue weighted by Gasteiger charge is 2.17. The smallest absolute Gasteiger partial charge is 0.137 e. The molecule has 0 unspecified atom stereocenters. The van der Waals surface area contributed by atoms with Crippen LogP contribution < -0.4 is 9.64 Å². The van der Waals surface area contributed by atoms with Crippen molar-refractivity contribution in [1.82, 2.24) is 0 Å². The number of aliphatic hydroxyl groups is 1. The van der Waals surface area contributed by atoms with Gasteiger partial charge in [0.1, 0.15) is 38.1 Å². The van der Waals surface area contributed by atoms with E-state index in [2.05, 4.69) is 48.5 Å². The van der Waals surface area contributed by atoms with E-state index in [1.54, 1.807) is 0 Å². The molecular formula is C24H28NO2+. The summed E-state index contributed by atoms with van der Waals surface area (Å²) in [4.78, 5) is 1.31. The fourth-order valence-corrected chi connectivity index (χ4v) is 3.27. The van der Waals surface area contributed by atoms with Crippen molar-refractivity contribution >= 4 is 0 Å². The predicted molar refractivity (Wildman–Crippen MR) is 109 cm³/mol. The fraction of sp³-hybridized carbons (Fsp3) is 0.250. The first-order chi connectivity index (χ1) is 13.2. The van der Waals surface area contributed by atoms with E-state index in [1.165, 1.54) is 16.0 Å². The highest BCUT2D eigenvalue weighted by molar-refractivity contribution is 5.27. The molecule has 0 fully saturated rings. The minimum absolute atomic E-state index is 0.302. The monoisotopic (exact) mass is 362 g/mol. The summed E-state index contributed by atoms with van der Waals surface area (Å²) in [6.07, 6.45) is -0.520. The number of hydrogen-bond donors (Lipinski definition) is 2. The molecule has 0 heterocycles. The van der Waals surface area contributed by atoms with Crippen molar-refractivity contribution < 1.29 is 14.7 Å². The molecule has 3 aromatic carbocycles. The molecule has 0 aliphatic rings. The number of ether oxygens (including phenoxy) is 1. The number of rotatable bonds is 9. The van der Waals surface area contributed by atoms with Crippen molar-refractivity contribution in [2.45, 2.75) is 26.1 Å². The molecule has 27 heavy (non-hydrogen) atoms. The zero-order valence-corrected chi connectivity index (χ0v) is 15.8. The molecule has 0 radical (unpaired) electrons. The zero-order chi connectivity index (χ0) is 18.9. The Morgan fingerprint density at radius 1 is 0.815 bits per heavy atom. The minimum atomic E-state index is -0.520. The van der Waals surface area contributed by atoms with Gasteiger partial charge in [0.05, 0.1) is 0 Å². The summed E-state index contributed by atoms with van der Waals surface area (Å²) >= 11 is 0. The third-order valence-corrected chi connectivity index (χ3v) is 4.55. The molecule has 0 aliphatic carbocycles. The largest absolute Gasteiger partial charge is 0.491 e. The molecule has 0 amide bonds. The topological polar surface area (TPSA) is 33.9 Å². The second-order valence-electron chi connectivity index (χ2n) is 7.06. The first kappa shape index (κ1) is 19.2. The highest BCUT2D eigenvalue weighted by Crippen LogP contribution is 2.12. The number of hydrogen-bond acceptors (Lipinski definition) is 2. The zero-order valence-electron chi connectivity index (χ0n) is 15.8. The van der Waals surface area contributed by atoms with Crippen LogP contribution >= 0.6 is 0 Å². The van der Waals surface area contributed by atoms with E-state index in [0.717, 1.165) is 24.4 Å². The van der Waals surface area contributed by atoms with Crippen molar-refractivity contribution in [2.24, 2.45) is 0 Å². The van der Waals surface area contributed by atoms with Crippen LogP contribution in [0.1, 0.15) is 16.7 Å². The van der Waals surface area contributed by atoms with Crippen LogP contribution in [0.2, 0.25) is 0 Å². The maximum atomic E-state index is 10.6. The van der Waals surface area contributed by atoms with Gasteiger partial charge in [-0.3, -0.25) is 0 Å². The lowest BCUT2D eigenvalue weighted by Gasteiger charge is -2.23. The van der Waals surface area contributed by atoms with E-state index >= 15 is 0 Å². The Hall–Kier alpha value is -2.62. The molecule has 0 saturated heterocycles. The van der Waals surface area contributed by atoms with Crippen molar-refractivity contribution in [3.05, 3.63) is 102 Å². The Bertz CT molecular complexity index is 763. The van der Waals surface area contributed by atoms with Gasteiger partial charge in [-0.05, 0) is 24.6 Å². The summed E-state index contributed by atoms with van der Waals surface area (Å²) in [5.41, 5.74) is 3.70. The van der Waals surface area contributed by atoms with Crippen LogP contribution in [0.4, 0.5) is 0 Å². The summed E-state index contributed by atoms with van der Waals surface area (Å²) in [6.45, 7) is 4.72. The van der Waals surface area contributed by atoms with E-state index in [1.807, 2.05) is 43.3 Å². The van der Waals surface area contributed by atoms with Crippen molar-refractivity contribution in [2.75, 3.05) is 13.2 Å². The maximum Gasteiger partial charge on any atom is 0.137 e. The summed E-state index contributed by atoms with van der Waals surface area (Å²) in [5.74, 6) is 0.807. The molecule has 0 spiro atoms. The average molecular weight is 362 g/mol. The van der Waals surface area contributed by atoms with E-state index in [0.29, 0.717) is 13.2 Å². The molecule has 3 nitrogen and oxygen atoms in total. The van der Waals surface area contributed by atoms with Crippen LogP contribution in [0.5, 0.6) is 5.75 Å². The standard InChI is InChI=1S/C24H27NO2/c1-20-9-8-14-24(15-20)27-19-23(26)18-25(16-21-10-4-2-5-11-21)17-22-12-6-3-7-13-22/h2-15,23,26H,16-19H2,1H3/p+1/t23-/m1/s1. The number of nitrogens with one attached hydrogen (secondary N) is 1. The van der Waals surface area contributed by atoms with Gasteiger partial charge in [0.15, 0.2) is 0 Å². The van der Waals surface area contributed by atoms with Crippen LogP contribution in [-0.2, 0) is 13.1 Å². The molecule has 0 saturated carbocycles. The minimum Gasteiger partial charge on any atom is -0.491 e. The molecule has 1 atom stereocenters. The summed E-state index contributed by atoms with van der Waals surface area (Å²) in [6, 6.07) is 28.8. The Morgan fingerprint density at radius 3 is 1.96 bits per heavy atom. The first-order valence-electron chi connectivity index (χ1n) is 9.48.